The van der Waals surface area contributed by atoms with Gasteiger partial charge in [-0.25, -0.2) is 0 Å². The second kappa shape index (κ2) is 5.96. The maximum absolute atomic E-state index is 5.53. The summed E-state index contributed by atoms with van der Waals surface area (Å²) in [5, 5.41) is 0. The monoisotopic (exact) mass is 205 g/mol. The molecule has 2 rings (SSSR count). The molecular formula is C12H19N3. The van der Waals surface area contributed by atoms with Gasteiger partial charge in [0.1, 0.15) is 0 Å². The first-order chi connectivity index (χ1) is 7.20. The maximum atomic E-state index is 5.53. The second-order valence-electron chi connectivity index (χ2n) is 3.67. The lowest BCUT2D eigenvalue weighted by molar-refractivity contribution is 0.661. The molecule has 3 heteroatoms. The van der Waals surface area contributed by atoms with Crippen LogP contribution in [-0.4, -0.2) is 0 Å². The Hall–Kier alpha value is -1.64. The molecule has 0 saturated heterocycles. The van der Waals surface area contributed by atoms with Crippen LogP contribution >= 0.6 is 0 Å². The summed E-state index contributed by atoms with van der Waals surface area (Å²) in [7, 11) is 0. The highest BCUT2D eigenvalue weighted by Gasteiger charge is 2.04. The lowest BCUT2D eigenvalue weighted by Crippen LogP contribution is -2.13. The normalized spacial score (nSPS) is 15.5. The number of hydrogen-bond acceptors (Lipinski definition) is 3. The third-order valence-corrected chi connectivity index (χ3v) is 2.35. The largest absolute Gasteiger partial charge is 0.401 e. The summed E-state index contributed by atoms with van der Waals surface area (Å²) in [6.45, 7) is 0. The third-order valence-electron chi connectivity index (χ3n) is 2.35. The highest BCUT2D eigenvalue weighted by atomic mass is 14.7. The molecule has 0 atom stereocenters. The van der Waals surface area contributed by atoms with E-state index in [9.17, 15) is 0 Å². The Labute approximate surface area is 91.0 Å². The van der Waals surface area contributed by atoms with Crippen molar-refractivity contribution < 1.29 is 0 Å². The van der Waals surface area contributed by atoms with Gasteiger partial charge in [-0.1, -0.05) is 18.2 Å². The molecule has 0 fully saturated rings. The summed E-state index contributed by atoms with van der Waals surface area (Å²) in [6.07, 6.45) is 4.44. The van der Waals surface area contributed by atoms with Crippen molar-refractivity contribution in [2.24, 2.45) is 11.5 Å². The minimum atomic E-state index is 0.822. The van der Waals surface area contributed by atoms with Crippen molar-refractivity contribution in [3.63, 3.8) is 0 Å². The minimum Gasteiger partial charge on any atom is -0.401 e. The van der Waals surface area contributed by atoms with Crippen LogP contribution in [0.1, 0.15) is 25.7 Å². The van der Waals surface area contributed by atoms with Crippen molar-refractivity contribution in [2.75, 3.05) is 5.73 Å². The summed E-state index contributed by atoms with van der Waals surface area (Å²) in [5.41, 5.74) is 19.1. The van der Waals surface area contributed by atoms with Crippen molar-refractivity contribution in [1.29, 1.82) is 0 Å². The molecule has 0 bridgehead atoms. The topological polar surface area (TPSA) is 78.1 Å². The Kier molecular flexibility index (Phi) is 4.54. The number of nitrogen functional groups attached to an aromatic ring is 1. The number of hydrogen-bond donors (Lipinski definition) is 3. The molecule has 1 aliphatic carbocycles. The molecule has 0 heterocycles. The van der Waals surface area contributed by atoms with Crippen molar-refractivity contribution in [3.8, 4) is 0 Å². The van der Waals surface area contributed by atoms with Gasteiger partial charge in [0.15, 0.2) is 0 Å². The predicted octanol–water partition coefficient (Wildman–Crippen LogP) is 1.96. The Bertz CT molecular complexity index is 303. The van der Waals surface area contributed by atoms with E-state index in [2.05, 4.69) is 0 Å². The zero-order valence-corrected chi connectivity index (χ0v) is 8.95. The summed E-state index contributed by atoms with van der Waals surface area (Å²) >= 11 is 0. The molecule has 0 spiro atoms. The average Bonchev–Trinajstić information content (AvgIpc) is 2.25. The summed E-state index contributed by atoms with van der Waals surface area (Å²) < 4.78 is 0. The van der Waals surface area contributed by atoms with Gasteiger partial charge in [-0.05, 0) is 37.8 Å². The van der Waals surface area contributed by atoms with Gasteiger partial charge in [-0.15, -0.1) is 0 Å². The van der Waals surface area contributed by atoms with Crippen LogP contribution in [0, 0.1) is 0 Å². The fourth-order valence-corrected chi connectivity index (χ4v) is 1.41. The van der Waals surface area contributed by atoms with Gasteiger partial charge in [-0.2, -0.15) is 0 Å². The summed E-state index contributed by atoms with van der Waals surface area (Å²) in [5.74, 6) is 0. The van der Waals surface area contributed by atoms with Gasteiger partial charge < -0.3 is 17.2 Å². The van der Waals surface area contributed by atoms with Gasteiger partial charge in [0, 0.05) is 17.1 Å². The first-order valence-corrected chi connectivity index (χ1v) is 5.23. The fraction of sp³-hybridized carbons (Fsp3) is 0.333. The molecule has 1 aliphatic rings. The van der Waals surface area contributed by atoms with E-state index >= 15 is 0 Å². The van der Waals surface area contributed by atoms with Gasteiger partial charge >= 0.3 is 0 Å². The quantitative estimate of drug-likeness (QED) is 0.566. The lowest BCUT2D eigenvalue weighted by atomic mass is 10.0. The van der Waals surface area contributed by atoms with E-state index in [1.54, 1.807) is 0 Å². The second-order valence-corrected chi connectivity index (χ2v) is 3.67. The van der Waals surface area contributed by atoms with Crippen molar-refractivity contribution >= 4 is 5.69 Å². The molecular weight excluding hydrogens is 186 g/mol. The zero-order valence-electron chi connectivity index (χ0n) is 8.95. The van der Waals surface area contributed by atoms with Crippen LogP contribution in [0.25, 0.3) is 0 Å². The number of para-hydroxylation sites is 1. The van der Waals surface area contributed by atoms with E-state index < -0.39 is 0 Å². The predicted molar refractivity (Wildman–Crippen MR) is 64.7 cm³/mol. The molecule has 0 amide bonds. The van der Waals surface area contributed by atoms with E-state index in [1.807, 2.05) is 30.3 Å². The van der Waals surface area contributed by atoms with Crippen LogP contribution in [0.4, 0.5) is 5.69 Å². The summed E-state index contributed by atoms with van der Waals surface area (Å²) in [4.78, 5) is 0. The standard InChI is InChI=1S/C6H12N2.C6H7N/c7-5-3-1-2-4-6(5)8;7-6-4-2-1-3-5-6/h1-4,7-8H2;1-5H,7H2. The highest BCUT2D eigenvalue weighted by molar-refractivity contribution is 5.35. The molecule has 0 unspecified atom stereocenters. The molecule has 0 radical (unpaired) electrons. The minimum absolute atomic E-state index is 0.822. The Morgan fingerprint density at radius 1 is 0.733 bits per heavy atom. The molecule has 6 N–H and O–H groups in total. The van der Waals surface area contributed by atoms with E-state index in [-0.39, 0.29) is 0 Å². The zero-order chi connectivity index (χ0) is 11.1. The maximum Gasteiger partial charge on any atom is 0.0313 e. The van der Waals surface area contributed by atoms with Gasteiger partial charge in [0.25, 0.3) is 0 Å². The smallest absolute Gasteiger partial charge is 0.0313 e. The first-order valence-electron chi connectivity index (χ1n) is 5.23. The number of nitrogens with two attached hydrogens (primary N) is 3. The van der Waals surface area contributed by atoms with Crippen molar-refractivity contribution in [3.05, 3.63) is 41.7 Å². The number of rotatable bonds is 0. The lowest BCUT2D eigenvalue weighted by Gasteiger charge is -2.12. The molecule has 0 saturated carbocycles. The molecule has 15 heavy (non-hydrogen) atoms. The van der Waals surface area contributed by atoms with E-state index in [0.29, 0.717) is 0 Å². The molecule has 1 aromatic rings. The van der Waals surface area contributed by atoms with Crippen LogP contribution in [0.3, 0.4) is 0 Å². The van der Waals surface area contributed by atoms with Crippen LogP contribution in [-0.2, 0) is 0 Å². The van der Waals surface area contributed by atoms with E-state index in [0.717, 1.165) is 29.9 Å². The highest BCUT2D eigenvalue weighted by Crippen LogP contribution is 2.16. The Balaban J connectivity index is 0.000000151. The molecule has 82 valence electrons. The van der Waals surface area contributed by atoms with E-state index in [1.165, 1.54) is 12.8 Å². The Morgan fingerprint density at radius 2 is 1.20 bits per heavy atom. The van der Waals surface area contributed by atoms with E-state index in [4.69, 9.17) is 17.2 Å². The first kappa shape index (κ1) is 11.4. The molecule has 3 nitrogen and oxygen atoms in total. The summed E-state index contributed by atoms with van der Waals surface area (Å²) in [6, 6.07) is 9.49. The SMILES string of the molecule is NC1=C(N)CCCC1.Nc1ccccc1. The van der Waals surface area contributed by atoms with Crippen molar-refractivity contribution in [1.82, 2.24) is 0 Å². The van der Waals surface area contributed by atoms with Crippen LogP contribution in [0.2, 0.25) is 0 Å². The van der Waals surface area contributed by atoms with Crippen LogP contribution in [0.15, 0.2) is 41.7 Å². The molecule has 0 aromatic heterocycles. The fourth-order valence-electron chi connectivity index (χ4n) is 1.41. The molecule has 1 aromatic carbocycles. The van der Waals surface area contributed by atoms with Gasteiger partial charge in [-0.3, -0.25) is 0 Å². The van der Waals surface area contributed by atoms with Gasteiger partial charge in [0.05, 0.1) is 0 Å². The number of anilines is 1. The Morgan fingerprint density at radius 3 is 1.47 bits per heavy atom. The molecule has 0 aliphatic heterocycles. The number of benzene rings is 1. The van der Waals surface area contributed by atoms with Crippen LogP contribution < -0.4 is 17.2 Å². The van der Waals surface area contributed by atoms with Gasteiger partial charge in [0.2, 0.25) is 0 Å². The van der Waals surface area contributed by atoms with Crippen molar-refractivity contribution in [2.45, 2.75) is 25.7 Å². The third kappa shape index (κ3) is 4.40. The number of allylic oxidation sites excluding steroid dienone is 2. The van der Waals surface area contributed by atoms with Crippen LogP contribution in [0.5, 0.6) is 0 Å². The average molecular weight is 205 g/mol.